The van der Waals surface area contributed by atoms with Crippen molar-refractivity contribution in [2.75, 3.05) is 6.61 Å². The van der Waals surface area contributed by atoms with Gasteiger partial charge in [-0.05, 0) is 50.4 Å². The second kappa shape index (κ2) is 4.09. The summed E-state index contributed by atoms with van der Waals surface area (Å²) in [6, 6.07) is 5.71. The van der Waals surface area contributed by atoms with Crippen molar-refractivity contribution in [1.82, 2.24) is 0 Å². The van der Waals surface area contributed by atoms with Crippen LogP contribution < -0.4 is 5.73 Å². The number of rotatable bonds is 2. The van der Waals surface area contributed by atoms with Crippen LogP contribution in [0.5, 0.6) is 0 Å². The fourth-order valence-corrected chi connectivity index (χ4v) is 2.11. The van der Waals surface area contributed by atoms with Gasteiger partial charge in [0.25, 0.3) is 0 Å². The van der Waals surface area contributed by atoms with E-state index in [1.165, 1.54) is 0 Å². The Labute approximate surface area is 94.4 Å². The Morgan fingerprint density at radius 2 is 2.08 bits per heavy atom. The summed E-state index contributed by atoms with van der Waals surface area (Å²) < 4.78 is 1.84. The lowest BCUT2D eigenvalue weighted by Gasteiger charge is -2.24. The molecule has 0 spiro atoms. The Hall–Kier alpha value is 0.1000. The van der Waals surface area contributed by atoms with E-state index in [4.69, 9.17) is 10.8 Å². The van der Waals surface area contributed by atoms with Crippen LogP contribution in [0, 0.1) is 0 Å². The molecule has 1 aromatic rings. The minimum atomic E-state index is -0.706. The first-order valence-electron chi connectivity index (χ1n) is 3.83. The lowest BCUT2D eigenvalue weighted by Crippen LogP contribution is -2.37. The summed E-state index contributed by atoms with van der Waals surface area (Å²) in [6.45, 7) is 1.71. The third kappa shape index (κ3) is 2.31. The number of benzene rings is 1. The van der Waals surface area contributed by atoms with E-state index in [0.717, 1.165) is 14.5 Å². The summed E-state index contributed by atoms with van der Waals surface area (Å²) in [7, 11) is 0. The summed E-state index contributed by atoms with van der Waals surface area (Å²) in [5.74, 6) is 0. The maximum atomic E-state index is 9.10. The Bertz CT molecular complexity index is 312. The zero-order chi connectivity index (χ0) is 10.1. The third-order valence-corrected chi connectivity index (χ3v) is 3.94. The van der Waals surface area contributed by atoms with Gasteiger partial charge >= 0.3 is 0 Å². The first-order chi connectivity index (χ1) is 5.99. The summed E-state index contributed by atoms with van der Waals surface area (Å²) in [5.41, 5.74) is 6.09. The van der Waals surface area contributed by atoms with Gasteiger partial charge in [0.1, 0.15) is 0 Å². The predicted molar refractivity (Wildman–Crippen MR) is 60.5 cm³/mol. The van der Waals surface area contributed by atoms with Gasteiger partial charge in [-0.15, -0.1) is 0 Å². The van der Waals surface area contributed by atoms with Crippen LogP contribution >= 0.6 is 31.9 Å². The highest BCUT2D eigenvalue weighted by molar-refractivity contribution is 9.13. The second-order valence-electron chi connectivity index (χ2n) is 3.18. The fourth-order valence-electron chi connectivity index (χ4n) is 1.03. The normalized spacial score (nSPS) is 15.5. The van der Waals surface area contributed by atoms with E-state index in [1.54, 1.807) is 6.92 Å². The van der Waals surface area contributed by atoms with Crippen molar-refractivity contribution in [3.8, 4) is 0 Å². The van der Waals surface area contributed by atoms with Crippen molar-refractivity contribution >= 4 is 31.9 Å². The minimum absolute atomic E-state index is 0.0813. The van der Waals surface area contributed by atoms with E-state index in [1.807, 2.05) is 18.2 Å². The fraction of sp³-hybridized carbons (Fsp3) is 0.333. The van der Waals surface area contributed by atoms with Crippen LogP contribution in [0.4, 0.5) is 0 Å². The lowest BCUT2D eigenvalue weighted by atomic mass is 9.94. The molecule has 13 heavy (non-hydrogen) atoms. The van der Waals surface area contributed by atoms with E-state index < -0.39 is 5.54 Å². The molecule has 1 unspecified atom stereocenters. The molecule has 0 saturated heterocycles. The van der Waals surface area contributed by atoms with Crippen LogP contribution in [0.25, 0.3) is 0 Å². The van der Waals surface area contributed by atoms with E-state index in [2.05, 4.69) is 31.9 Å². The molecule has 1 aromatic carbocycles. The molecule has 0 heterocycles. The van der Waals surface area contributed by atoms with Gasteiger partial charge in [-0.2, -0.15) is 0 Å². The van der Waals surface area contributed by atoms with Gasteiger partial charge in [-0.25, -0.2) is 0 Å². The van der Waals surface area contributed by atoms with Gasteiger partial charge in [0.15, 0.2) is 0 Å². The molecule has 0 aliphatic heterocycles. The van der Waals surface area contributed by atoms with Crippen molar-refractivity contribution in [1.29, 1.82) is 0 Å². The third-order valence-electron chi connectivity index (χ3n) is 1.90. The van der Waals surface area contributed by atoms with Crippen LogP contribution in [-0.4, -0.2) is 11.7 Å². The van der Waals surface area contributed by atoms with E-state index in [9.17, 15) is 0 Å². The molecule has 0 fully saturated rings. The Morgan fingerprint density at radius 3 is 2.62 bits per heavy atom. The molecule has 1 rings (SSSR count). The molecule has 0 radical (unpaired) electrons. The van der Waals surface area contributed by atoms with Crippen molar-refractivity contribution < 1.29 is 5.11 Å². The van der Waals surface area contributed by atoms with Gasteiger partial charge in [0, 0.05) is 8.95 Å². The predicted octanol–water partition coefficient (Wildman–Crippen LogP) is 2.38. The molecule has 0 saturated carbocycles. The molecule has 2 nitrogen and oxygen atoms in total. The molecular formula is C9H11Br2NO. The van der Waals surface area contributed by atoms with Gasteiger partial charge in [0.05, 0.1) is 12.1 Å². The molecule has 1 atom stereocenters. The smallest absolute Gasteiger partial charge is 0.0650 e. The van der Waals surface area contributed by atoms with E-state index in [0.29, 0.717) is 0 Å². The molecule has 0 bridgehead atoms. The van der Waals surface area contributed by atoms with Crippen LogP contribution in [0.2, 0.25) is 0 Å². The minimum Gasteiger partial charge on any atom is -0.394 e. The second-order valence-corrected chi connectivity index (χ2v) is 4.82. The number of nitrogens with two attached hydrogens (primary N) is 1. The maximum Gasteiger partial charge on any atom is 0.0650 e. The standard InChI is InChI=1S/C9H11Br2NO/c1-9(12,5-13)6-3-2-4-7(10)8(6)11/h2-4,13H,5,12H2,1H3. The highest BCUT2D eigenvalue weighted by Gasteiger charge is 2.23. The molecule has 4 heteroatoms. The number of aliphatic hydroxyl groups is 1. The Morgan fingerprint density at radius 1 is 1.46 bits per heavy atom. The van der Waals surface area contributed by atoms with Gasteiger partial charge < -0.3 is 10.8 Å². The molecule has 0 aliphatic carbocycles. The number of aliphatic hydroxyl groups excluding tert-OH is 1. The van der Waals surface area contributed by atoms with Crippen LogP contribution in [0.1, 0.15) is 12.5 Å². The summed E-state index contributed by atoms with van der Waals surface area (Å²) in [6.07, 6.45) is 0. The summed E-state index contributed by atoms with van der Waals surface area (Å²) in [5, 5.41) is 9.10. The first kappa shape index (κ1) is 11.2. The summed E-state index contributed by atoms with van der Waals surface area (Å²) >= 11 is 6.80. The Kier molecular flexibility index (Phi) is 3.51. The zero-order valence-electron chi connectivity index (χ0n) is 7.22. The Balaban J connectivity index is 3.22. The van der Waals surface area contributed by atoms with E-state index >= 15 is 0 Å². The summed E-state index contributed by atoms with van der Waals surface area (Å²) in [4.78, 5) is 0. The SMILES string of the molecule is CC(N)(CO)c1cccc(Br)c1Br. The molecule has 0 aromatic heterocycles. The van der Waals surface area contributed by atoms with Crippen molar-refractivity contribution in [2.45, 2.75) is 12.5 Å². The molecule has 3 N–H and O–H groups in total. The number of hydrogen-bond donors (Lipinski definition) is 2. The number of halogens is 2. The average Bonchev–Trinajstić information content (AvgIpc) is 2.09. The topological polar surface area (TPSA) is 46.2 Å². The van der Waals surface area contributed by atoms with Crippen molar-refractivity contribution in [3.05, 3.63) is 32.7 Å². The maximum absolute atomic E-state index is 9.10. The van der Waals surface area contributed by atoms with Crippen molar-refractivity contribution in [2.24, 2.45) is 5.73 Å². The highest BCUT2D eigenvalue weighted by Crippen LogP contribution is 2.32. The largest absolute Gasteiger partial charge is 0.394 e. The van der Waals surface area contributed by atoms with Crippen molar-refractivity contribution in [3.63, 3.8) is 0 Å². The average molecular weight is 309 g/mol. The van der Waals surface area contributed by atoms with Gasteiger partial charge in [0.2, 0.25) is 0 Å². The van der Waals surface area contributed by atoms with Gasteiger partial charge in [-0.3, -0.25) is 0 Å². The van der Waals surface area contributed by atoms with Gasteiger partial charge in [-0.1, -0.05) is 12.1 Å². The quantitative estimate of drug-likeness (QED) is 0.881. The zero-order valence-corrected chi connectivity index (χ0v) is 10.4. The van der Waals surface area contributed by atoms with Crippen LogP contribution in [0.15, 0.2) is 27.1 Å². The highest BCUT2D eigenvalue weighted by atomic mass is 79.9. The van der Waals surface area contributed by atoms with Crippen LogP contribution in [-0.2, 0) is 5.54 Å². The van der Waals surface area contributed by atoms with Crippen LogP contribution in [0.3, 0.4) is 0 Å². The lowest BCUT2D eigenvalue weighted by molar-refractivity contribution is 0.209. The number of hydrogen-bond acceptors (Lipinski definition) is 2. The van der Waals surface area contributed by atoms with E-state index in [-0.39, 0.29) is 6.61 Å². The molecule has 0 aliphatic rings. The monoisotopic (exact) mass is 307 g/mol. The first-order valence-corrected chi connectivity index (χ1v) is 5.42. The molecular weight excluding hydrogens is 298 g/mol. The molecule has 0 amide bonds. The molecule has 72 valence electrons.